The number of aromatic nitrogens is 1. The summed E-state index contributed by atoms with van der Waals surface area (Å²) in [4.78, 5) is 16.2. The molecular formula is C14H15ClN2O2. The highest BCUT2D eigenvalue weighted by molar-refractivity contribution is 6.35. The number of hydrogen-bond acceptors (Lipinski definition) is 3. The van der Waals surface area contributed by atoms with Crippen molar-refractivity contribution >= 4 is 28.4 Å². The average Bonchev–Trinajstić information content (AvgIpc) is 2.43. The van der Waals surface area contributed by atoms with Gasteiger partial charge in [-0.1, -0.05) is 29.8 Å². The molecule has 2 rings (SSSR count). The Morgan fingerprint density at radius 3 is 2.89 bits per heavy atom. The summed E-state index contributed by atoms with van der Waals surface area (Å²) in [5, 5.41) is 12.8. The van der Waals surface area contributed by atoms with Crippen LogP contribution in [0.3, 0.4) is 0 Å². The van der Waals surface area contributed by atoms with Crippen molar-refractivity contribution in [2.75, 3.05) is 13.2 Å². The van der Waals surface area contributed by atoms with E-state index in [1.165, 1.54) is 0 Å². The summed E-state index contributed by atoms with van der Waals surface area (Å²) in [6, 6.07) is 9.00. The summed E-state index contributed by atoms with van der Waals surface area (Å²) in [5.41, 5.74) is 1.02. The summed E-state index contributed by atoms with van der Waals surface area (Å²) >= 11 is 6.14. The molecule has 2 aromatic rings. The lowest BCUT2D eigenvalue weighted by molar-refractivity contribution is 0.0947. The Morgan fingerprint density at radius 1 is 1.32 bits per heavy atom. The molecule has 0 aliphatic rings. The molecule has 0 spiro atoms. The lowest BCUT2D eigenvalue weighted by Gasteiger charge is -2.06. The van der Waals surface area contributed by atoms with Crippen molar-refractivity contribution < 1.29 is 9.90 Å². The van der Waals surface area contributed by atoms with Crippen LogP contribution in [0.1, 0.15) is 23.3 Å². The number of hydrogen-bond donors (Lipinski definition) is 2. The minimum Gasteiger partial charge on any atom is -0.396 e. The molecule has 1 heterocycles. The lowest BCUT2D eigenvalue weighted by atomic mass is 10.2. The maximum atomic E-state index is 11.9. The van der Waals surface area contributed by atoms with Crippen LogP contribution in [0.2, 0.25) is 5.02 Å². The molecule has 1 aromatic heterocycles. The molecule has 2 N–H and O–H groups in total. The highest BCUT2D eigenvalue weighted by atomic mass is 35.5. The van der Waals surface area contributed by atoms with Crippen molar-refractivity contribution in [1.29, 1.82) is 0 Å². The Hall–Kier alpha value is -1.65. The van der Waals surface area contributed by atoms with Gasteiger partial charge in [-0.15, -0.1) is 0 Å². The standard InChI is InChI=1S/C14H15ClN2O2/c15-11-9-13(14(19)16-7-3-4-8-18)17-12-6-2-1-5-10(11)12/h1-2,5-6,9,18H,3-4,7-8H2,(H,16,19). The third-order valence-electron chi connectivity index (χ3n) is 2.77. The van der Waals surface area contributed by atoms with E-state index in [1.807, 2.05) is 24.3 Å². The van der Waals surface area contributed by atoms with Crippen molar-refractivity contribution in [2.24, 2.45) is 0 Å². The normalized spacial score (nSPS) is 10.6. The molecule has 5 heteroatoms. The summed E-state index contributed by atoms with van der Waals surface area (Å²) in [6.07, 6.45) is 1.41. The average molecular weight is 279 g/mol. The number of unbranched alkanes of at least 4 members (excludes halogenated alkanes) is 1. The Labute approximate surface area is 116 Å². The fourth-order valence-electron chi connectivity index (χ4n) is 1.78. The van der Waals surface area contributed by atoms with Gasteiger partial charge < -0.3 is 10.4 Å². The van der Waals surface area contributed by atoms with Crippen LogP contribution in [-0.4, -0.2) is 29.1 Å². The zero-order chi connectivity index (χ0) is 13.7. The van der Waals surface area contributed by atoms with E-state index in [-0.39, 0.29) is 12.5 Å². The first-order valence-corrected chi connectivity index (χ1v) is 6.54. The number of aliphatic hydroxyl groups excluding tert-OH is 1. The van der Waals surface area contributed by atoms with Gasteiger partial charge in [-0.3, -0.25) is 4.79 Å². The molecule has 1 aromatic carbocycles. The molecule has 0 saturated heterocycles. The van der Waals surface area contributed by atoms with Crippen molar-refractivity contribution in [3.63, 3.8) is 0 Å². The van der Waals surface area contributed by atoms with Crippen molar-refractivity contribution in [2.45, 2.75) is 12.8 Å². The molecule has 100 valence electrons. The van der Waals surface area contributed by atoms with E-state index < -0.39 is 0 Å². The van der Waals surface area contributed by atoms with Gasteiger partial charge in [0.2, 0.25) is 0 Å². The monoisotopic (exact) mass is 278 g/mol. The van der Waals surface area contributed by atoms with Crippen molar-refractivity contribution in [3.05, 3.63) is 41.0 Å². The number of para-hydroxylation sites is 1. The van der Waals surface area contributed by atoms with Crippen LogP contribution >= 0.6 is 11.6 Å². The predicted octanol–water partition coefficient (Wildman–Crippen LogP) is 2.39. The van der Waals surface area contributed by atoms with E-state index in [4.69, 9.17) is 16.7 Å². The topological polar surface area (TPSA) is 62.2 Å². The van der Waals surface area contributed by atoms with Crippen LogP contribution in [-0.2, 0) is 0 Å². The molecule has 1 amide bonds. The number of carbonyl (C=O) groups is 1. The van der Waals surface area contributed by atoms with E-state index in [0.717, 1.165) is 11.8 Å². The van der Waals surface area contributed by atoms with Gasteiger partial charge in [0.25, 0.3) is 5.91 Å². The summed E-state index contributed by atoms with van der Waals surface area (Å²) in [6.45, 7) is 0.654. The number of halogens is 1. The smallest absolute Gasteiger partial charge is 0.269 e. The number of carbonyl (C=O) groups excluding carboxylic acids is 1. The van der Waals surface area contributed by atoms with E-state index in [0.29, 0.717) is 29.2 Å². The Morgan fingerprint density at radius 2 is 2.11 bits per heavy atom. The maximum Gasteiger partial charge on any atom is 0.269 e. The highest BCUT2D eigenvalue weighted by Gasteiger charge is 2.10. The van der Waals surface area contributed by atoms with E-state index in [2.05, 4.69) is 10.3 Å². The molecule has 0 saturated carbocycles. The SMILES string of the molecule is O=C(NCCCCO)c1cc(Cl)c2ccccc2n1. The second-order valence-electron chi connectivity index (χ2n) is 4.19. The molecule has 0 bridgehead atoms. The molecular weight excluding hydrogens is 264 g/mol. The minimum absolute atomic E-state index is 0.135. The van der Waals surface area contributed by atoms with Crippen molar-refractivity contribution in [3.8, 4) is 0 Å². The fourth-order valence-corrected chi connectivity index (χ4v) is 2.04. The van der Waals surface area contributed by atoms with Crippen LogP contribution < -0.4 is 5.32 Å². The first kappa shape index (κ1) is 13.8. The van der Waals surface area contributed by atoms with Gasteiger partial charge in [-0.05, 0) is 25.0 Å². The summed E-state index contributed by atoms with van der Waals surface area (Å²) < 4.78 is 0. The third-order valence-corrected chi connectivity index (χ3v) is 3.08. The molecule has 0 aliphatic carbocycles. The van der Waals surface area contributed by atoms with Crippen LogP contribution in [0.25, 0.3) is 10.9 Å². The number of fused-ring (bicyclic) bond motifs is 1. The molecule has 0 fully saturated rings. The minimum atomic E-state index is -0.245. The van der Waals surface area contributed by atoms with Gasteiger partial charge in [0.05, 0.1) is 10.5 Å². The Bertz CT molecular complexity index is 587. The first-order chi connectivity index (χ1) is 9.22. The van der Waals surface area contributed by atoms with Crippen LogP contribution in [0, 0.1) is 0 Å². The second-order valence-corrected chi connectivity index (χ2v) is 4.60. The predicted molar refractivity (Wildman–Crippen MR) is 75.4 cm³/mol. The van der Waals surface area contributed by atoms with Gasteiger partial charge in [-0.25, -0.2) is 4.98 Å². The molecule has 0 aliphatic heterocycles. The zero-order valence-electron chi connectivity index (χ0n) is 10.4. The van der Waals surface area contributed by atoms with Crippen LogP contribution in [0.5, 0.6) is 0 Å². The largest absolute Gasteiger partial charge is 0.396 e. The quantitative estimate of drug-likeness (QED) is 0.826. The van der Waals surface area contributed by atoms with E-state index in [9.17, 15) is 4.79 Å². The molecule has 0 radical (unpaired) electrons. The Kier molecular flexibility index (Phi) is 4.71. The number of pyridine rings is 1. The zero-order valence-corrected chi connectivity index (χ0v) is 11.2. The molecule has 0 unspecified atom stereocenters. The van der Waals surface area contributed by atoms with Crippen LogP contribution in [0.15, 0.2) is 30.3 Å². The Balaban J connectivity index is 2.14. The van der Waals surface area contributed by atoms with Gasteiger partial charge >= 0.3 is 0 Å². The van der Waals surface area contributed by atoms with Gasteiger partial charge in [0, 0.05) is 18.5 Å². The number of amides is 1. The number of nitrogens with one attached hydrogen (secondary N) is 1. The first-order valence-electron chi connectivity index (χ1n) is 6.16. The van der Waals surface area contributed by atoms with E-state index >= 15 is 0 Å². The summed E-state index contributed by atoms with van der Waals surface area (Å²) in [5.74, 6) is -0.245. The summed E-state index contributed by atoms with van der Waals surface area (Å²) in [7, 11) is 0. The molecule has 0 atom stereocenters. The third kappa shape index (κ3) is 3.43. The van der Waals surface area contributed by atoms with Crippen molar-refractivity contribution in [1.82, 2.24) is 10.3 Å². The van der Waals surface area contributed by atoms with Gasteiger partial charge in [-0.2, -0.15) is 0 Å². The van der Waals surface area contributed by atoms with Gasteiger partial charge in [0.1, 0.15) is 5.69 Å². The maximum absolute atomic E-state index is 11.9. The lowest BCUT2D eigenvalue weighted by Crippen LogP contribution is -2.25. The fraction of sp³-hybridized carbons (Fsp3) is 0.286. The number of aliphatic hydroxyl groups is 1. The number of benzene rings is 1. The van der Waals surface area contributed by atoms with Gasteiger partial charge in [0.15, 0.2) is 0 Å². The number of nitrogens with zero attached hydrogens (tertiary/aromatic N) is 1. The second kappa shape index (κ2) is 6.50. The number of rotatable bonds is 5. The van der Waals surface area contributed by atoms with E-state index in [1.54, 1.807) is 6.07 Å². The molecule has 19 heavy (non-hydrogen) atoms. The van der Waals surface area contributed by atoms with Crippen LogP contribution in [0.4, 0.5) is 0 Å². The molecule has 4 nitrogen and oxygen atoms in total. The highest BCUT2D eigenvalue weighted by Crippen LogP contribution is 2.22.